The zero-order valence-corrected chi connectivity index (χ0v) is 22.5. The molecule has 0 saturated carbocycles. The van der Waals surface area contributed by atoms with Crippen molar-refractivity contribution < 1.29 is 17.5 Å². The van der Waals surface area contributed by atoms with Gasteiger partial charge in [-0.15, -0.1) is 0 Å². The number of hydrogen-bond donors (Lipinski definition) is 1. The summed E-state index contributed by atoms with van der Waals surface area (Å²) in [7, 11) is -3.96. The molecule has 4 rings (SSSR count). The number of anilines is 1. The number of benzene rings is 2. The van der Waals surface area contributed by atoms with Crippen LogP contribution in [0, 0.1) is 6.92 Å². The predicted octanol–water partition coefficient (Wildman–Crippen LogP) is 5.04. The van der Waals surface area contributed by atoms with Gasteiger partial charge in [-0.05, 0) is 0 Å². The summed E-state index contributed by atoms with van der Waals surface area (Å²) in [5.74, 6) is -0.222. The minimum atomic E-state index is -3.96. The summed E-state index contributed by atoms with van der Waals surface area (Å²) < 4.78 is 36.4. The maximum atomic E-state index is 11.2. The van der Waals surface area contributed by atoms with E-state index in [0.717, 1.165) is 18.5 Å². The summed E-state index contributed by atoms with van der Waals surface area (Å²) in [6.45, 7) is 7.97. The second-order valence-corrected chi connectivity index (χ2v) is 12.9. The molecule has 1 aliphatic heterocycles. The fourth-order valence-electron chi connectivity index (χ4n) is 4.00. The number of thioether (sulfide) groups is 1. The topological polar surface area (TPSA) is 61.5 Å². The van der Waals surface area contributed by atoms with Gasteiger partial charge >= 0.3 is 207 Å². The molecule has 5 nitrogen and oxygen atoms in total. The molecule has 1 N–H and O–H groups in total. The molecule has 0 fully saturated rings. The number of hydrogen-bond acceptors (Lipinski definition) is 4. The zero-order chi connectivity index (χ0) is 23.6. The van der Waals surface area contributed by atoms with Crippen molar-refractivity contribution in [1.29, 1.82) is 0 Å². The van der Waals surface area contributed by atoms with E-state index in [1.807, 2.05) is 17.8 Å². The molecule has 0 unspecified atom stereocenters. The Morgan fingerprint density at radius 1 is 1.21 bits per heavy atom. The molecule has 0 amide bonds. The van der Waals surface area contributed by atoms with E-state index in [9.17, 15) is 8.42 Å². The second kappa shape index (κ2) is 10.2. The third-order valence-corrected chi connectivity index (χ3v) is 9.90. The Hall–Kier alpha value is -1.83. The molecule has 0 aliphatic carbocycles. The SMILES string of the molecule is CCC(=Cc1[se]c2ccccc2[n+]1CCCS(=O)(=O)O)C=C1Sc2ccc(C)cc2N1CC. The molecule has 0 radical (unpaired) electrons. The summed E-state index contributed by atoms with van der Waals surface area (Å²) in [6, 6.07) is 15.0. The minimum absolute atomic E-state index is 0.154. The molecule has 2 heterocycles. The first kappa shape index (κ1) is 24.3. The maximum absolute atomic E-state index is 11.2. The van der Waals surface area contributed by atoms with E-state index >= 15 is 0 Å². The van der Waals surface area contributed by atoms with Crippen LogP contribution in [0.4, 0.5) is 5.69 Å². The van der Waals surface area contributed by atoms with Crippen molar-refractivity contribution in [3.8, 4) is 0 Å². The molecule has 1 aromatic heterocycles. The third kappa shape index (κ3) is 5.64. The normalized spacial score (nSPS) is 15.6. The van der Waals surface area contributed by atoms with Crippen LogP contribution in [-0.4, -0.2) is 39.8 Å². The molecule has 33 heavy (non-hydrogen) atoms. The van der Waals surface area contributed by atoms with Crippen molar-refractivity contribution in [2.45, 2.75) is 45.1 Å². The van der Waals surface area contributed by atoms with Crippen molar-refractivity contribution in [1.82, 2.24) is 0 Å². The molecule has 0 atom stereocenters. The molecule has 3 aromatic rings. The van der Waals surface area contributed by atoms with Crippen LogP contribution in [0.1, 0.15) is 36.8 Å². The van der Waals surface area contributed by atoms with E-state index < -0.39 is 10.1 Å². The summed E-state index contributed by atoms with van der Waals surface area (Å²) in [5.41, 5.74) is 4.95. The number of para-hydroxylation sites is 1. The average molecular weight is 549 g/mol. The number of aryl methyl sites for hydroxylation is 2. The molecule has 8 heteroatoms. The van der Waals surface area contributed by atoms with E-state index in [1.54, 1.807) is 0 Å². The zero-order valence-electron chi connectivity index (χ0n) is 19.1. The van der Waals surface area contributed by atoms with E-state index in [2.05, 4.69) is 78.8 Å². The van der Waals surface area contributed by atoms with E-state index in [-0.39, 0.29) is 20.3 Å². The van der Waals surface area contributed by atoms with E-state index in [4.69, 9.17) is 4.55 Å². The van der Waals surface area contributed by atoms with Gasteiger partial charge in [-0.25, -0.2) is 0 Å². The van der Waals surface area contributed by atoms with Crippen LogP contribution >= 0.6 is 11.8 Å². The van der Waals surface area contributed by atoms with Gasteiger partial charge in [-0.1, -0.05) is 0 Å². The second-order valence-electron chi connectivity index (χ2n) is 8.07. The molecular weight excluding hydrogens is 519 g/mol. The van der Waals surface area contributed by atoms with Gasteiger partial charge in [-0.3, -0.25) is 0 Å². The van der Waals surface area contributed by atoms with Crippen molar-refractivity contribution in [3.63, 3.8) is 0 Å². The standard InChI is InChI=1S/C25H28N2O3S2Se/c1-4-19(16-24-26(5-2)21-15-18(3)11-12-22(21)31-24)17-25-27(13-8-14-32(28,29)30)20-9-6-7-10-23(20)33-25/h6-7,9-12,15-17H,4-5,8,13-14H2,1-3H3/p+1. The number of aromatic nitrogens is 1. The molecular formula is C25H29N2O3S2Se+. The molecule has 2 aromatic carbocycles. The van der Waals surface area contributed by atoms with E-state index in [1.165, 1.54) is 35.6 Å². The predicted molar refractivity (Wildman–Crippen MR) is 139 cm³/mol. The van der Waals surface area contributed by atoms with Crippen molar-refractivity contribution in [2.75, 3.05) is 17.2 Å². The first-order valence-electron chi connectivity index (χ1n) is 11.1. The molecule has 174 valence electrons. The van der Waals surface area contributed by atoms with Crippen LogP contribution in [-0.2, 0) is 16.7 Å². The molecule has 1 aliphatic rings. The number of fused-ring (bicyclic) bond motifs is 2. The number of allylic oxidation sites excluding steroid dienone is 2. The van der Waals surface area contributed by atoms with Crippen LogP contribution in [0.5, 0.6) is 0 Å². The van der Waals surface area contributed by atoms with Crippen LogP contribution in [0.15, 0.2) is 64.0 Å². The fourth-order valence-corrected chi connectivity index (χ4v) is 8.12. The van der Waals surface area contributed by atoms with Gasteiger partial charge in [0.2, 0.25) is 0 Å². The quantitative estimate of drug-likeness (QED) is 0.243. The monoisotopic (exact) mass is 549 g/mol. The van der Waals surface area contributed by atoms with Gasteiger partial charge < -0.3 is 0 Å². The van der Waals surface area contributed by atoms with Crippen LogP contribution in [0.25, 0.3) is 15.9 Å². The van der Waals surface area contributed by atoms with Crippen LogP contribution in [0.3, 0.4) is 0 Å². The number of nitrogens with zero attached hydrogens (tertiary/aromatic N) is 2. The molecule has 0 saturated heterocycles. The molecule has 0 spiro atoms. The van der Waals surface area contributed by atoms with Crippen molar-refractivity contribution in [3.05, 3.63) is 69.3 Å². The van der Waals surface area contributed by atoms with Gasteiger partial charge in [0.05, 0.1) is 0 Å². The average Bonchev–Trinajstić information content (AvgIpc) is 3.29. The molecule has 0 bridgehead atoms. The fraction of sp³-hybridized carbons (Fsp3) is 0.320. The van der Waals surface area contributed by atoms with E-state index in [0.29, 0.717) is 13.0 Å². The summed E-state index contributed by atoms with van der Waals surface area (Å²) in [6.07, 6.45) is 5.87. The Balaban J connectivity index is 1.70. The Morgan fingerprint density at radius 2 is 2.00 bits per heavy atom. The van der Waals surface area contributed by atoms with Crippen LogP contribution in [0.2, 0.25) is 0 Å². The third-order valence-electron chi connectivity index (χ3n) is 5.65. The van der Waals surface area contributed by atoms with Crippen molar-refractivity contribution in [2.24, 2.45) is 0 Å². The van der Waals surface area contributed by atoms with Gasteiger partial charge in [0, 0.05) is 0 Å². The van der Waals surface area contributed by atoms with Gasteiger partial charge in [-0.2, -0.15) is 0 Å². The Bertz CT molecular complexity index is 1340. The van der Waals surface area contributed by atoms with Gasteiger partial charge in [0.15, 0.2) is 0 Å². The van der Waals surface area contributed by atoms with Gasteiger partial charge in [0.1, 0.15) is 0 Å². The Morgan fingerprint density at radius 3 is 2.73 bits per heavy atom. The Labute approximate surface area is 206 Å². The number of rotatable bonds is 8. The summed E-state index contributed by atoms with van der Waals surface area (Å²) in [5, 5.41) is 1.24. The first-order chi connectivity index (χ1) is 15.8. The van der Waals surface area contributed by atoms with Crippen LogP contribution < -0.4 is 9.47 Å². The first-order valence-corrected chi connectivity index (χ1v) is 15.3. The van der Waals surface area contributed by atoms with Crippen molar-refractivity contribution >= 4 is 57.9 Å². The Kier molecular flexibility index (Phi) is 7.51. The summed E-state index contributed by atoms with van der Waals surface area (Å²) >= 11 is 1.97. The van der Waals surface area contributed by atoms with Gasteiger partial charge in [0.25, 0.3) is 0 Å². The summed E-state index contributed by atoms with van der Waals surface area (Å²) in [4.78, 5) is 3.67.